The molecular formula is C11H23N5. The van der Waals surface area contributed by atoms with Crippen LogP contribution < -0.4 is 11.5 Å². The molecule has 1 unspecified atom stereocenters. The third kappa shape index (κ3) is 3.73. The van der Waals surface area contributed by atoms with Crippen molar-refractivity contribution in [2.75, 3.05) is 32.1 Å². The largest absolute Gasteiger partial charge is 0.394 e. The van der Waals surface area contributed by atoms with Gasteiger partial charge in [0.1, 0.15) is 5.82 Å². The molecule has 1 aromatic rings. The van der Waals surface area contributed by atoms with Crippen LogP contribution in [0.2, 0.25) is 0 Å². The Labute approximate surface area is 97.4 Å². The molecule has 1 atom stereocenters. The first-order valence-electron chi connectivity index (χ1n) is 5.72. The lowest BCUT2D eigenvalue weighted by atomic mass is 10.1. The summed E-state index contributed by atoms with van der Waals surface area (Å²) in [6, 6.07) is 0. The van der Waals surface area contributed by atoms with Gasteiger partial charge in [0.15, 0.2) is 0 Å². The predicted octanol–water partition coefficient (Wildman–Crippen LogP) is 1.03. The van der Waals surface area contributed by atoms with Gasteiger partial charge >= 0.3 is 0 Å². The molecule has 0 saturated carbocycles. The molecule has 0 aliphatic carbocycles. The smallest absolute Gasteiger partial charge is 0.145 e. The molecule has 4 N–H and O–H groups in total. The molecule has 0 spiro atoms. The van der Waals surface area contributed by atoms with Gasteiger partial charge in [-0.25, -0.2) is 4.68 Å². The van der Waals surface area contributed by atoms with Gasteiger partial charge in [0.05, 0.1) is 11.9 Å². The number of nitrogens with zero attached hydrogens (tertiary/aromatic N) is 3. The Bertz CT molecular complexity index is 318. The van der Waals surface area contributed by atoms with Crippen molar-refractivity contribution in [2.45, 2.75) is 26.3 Å². The van der Waals surface area contributed by atoms with Crippen LogP contribution in [-0.4, -0.2) is 35.3 Å². The zero-order chi connectivity index (χ0) is 12.1. The third-order valence-corrected chi connectivity index (χ3v) is 2.70. The van der Waals surface area contributed by atoms with Gasteiger partial charge in [0.2, 0.25) is 0 Å². The van der Waals surface area contributed by atoms with Crippen LogP contribution in [0.4, 0.5) is 11.5 Å². The van der Waals surface area contributed by atoms with Crippen molar-refractivity contribution in [3.05, 3.63) is 6.20 Å². The fourth-order valence-electron chi connectivity index (χ4n) is 1.70. The second kappa shape index (κ2) is 5.75. The molecule has 5 nitrogen and oxygen atoms in total. The SMILES string of the molecule is CC(CCCN(C)C)Cn1ncc(N)c1N. The summed E-state index contributed by atoms with van der Waals surface area (Å²) in [5.41, 5.74) is 12.0. The van der Waals surface area contributed by atoms with Gasteiger partial charge < -0.3 is 16.4 Å². The summed E-state index contributed by atoms with van der Waals surface area (Å²) in [6.07, 6.45) is 3.99. The second-order valence-electron chi connectivity index (χ2n) is 4.72. The molecule has 0 amide bonds. The fourth-order valence-corrected chi connectivity index (χ4v) is 1.70. The molecule has 92 valence electrons. The maximum atomic E-state index is 5.80. The quantitative estimate of drug-likeness (QED) is 0.758. The Morgan fingerprint density at radius 2 is 2.12 bits per heavy atom. The van der Waals surface area contributed by atoms with Gasteiger partial charge in [-0.1, -0.05) is 6.92 Å². The second-order valence-corrected chi connectivity index (χ2v) is 4.72. The van der Waals surface area contributed by atoms with Gasteiger partial charge in [0, 0.05) is 6.54 Å². The number of rotatable bonds is 6. The Hall–Kier alpha value is -1.23. The van der Waals surface area contributed by atoms with E-state index in [4.69, 9.17) is 11.5 Å². The molecule has 1 aromatic heterocycles. The highest BCUT2D eigenvalue weighted by molar-refractivity contribution is 5.56. The molecule has 0 saturated heterocycles. The Morgan fingerprint density at radius 3 is 2.62 bits per heavy atom. The first kappa shape index (κ1) is 12.8. The van der Waals surface area contributed by atoms with E-state index in [0.717, 1.165) is 13.1 Å². The van der Waals surface area contributed by atoms with E-state index in [1.807, 2.05) is 0 Å². The van der Waals surface area contributed by atoms with Crippen molar-refractivity contribution in [3.8, 4) is 0 Å². The predicted molar refractivity (Wildman–Crippen MR) is 68.0 cm³/mol. The van der Waals surface area contributed by atoms with Crippen LogP contribution in [0, 0.1) is 5.92 Å². The monoisotopic (exact) mass is 225 g/mol. The van der Waals surface area contributed by atoms with E-state index in [1.54, 1.807) is 10.9 Å². The van der Waals surface area contributed by atoms with Gasteiger partial charge in [-0.2, -0.15) is 5.10 Å². The van der Waals surface area contributed by atoms with E-state index in [2.05, 4.69) is 31.0 Å². The molecule has 0 aliphatic heterocycles. The number of anilines is 2. The molecule has 0 aliphatic rings. The van der Waals surface area contributed by atoms with Crippen molar-refractivity contribution in [1.82, 2.24) is 14.7 Å². The van der Waals surface area contributed by atoms with Crippen LogP contribution in [0.5, 0.6) is 0 Å². The highest BCUT2D eigenvalue weighted by Gasteiger charge is 2.08. The van der Waals surface area contributed by atoms with Crippen molar-refractivity contribution in [3.63, 3.8) is 0 Å². The van der Waals surface area contributed by atoms with Gasteiger partial charge in [-0.15, -0.1) is 0 Å². The van der Waals surface area contributed by atoms with E-state index < -0.39 is 0 Å². The lowest BCUT2D eigenvalue weighted by Crippen LogP contribution is -2.16. The average Bonchev–Trinajstić information content (AvgIpc) is 2.49. The first-order chi connectivity index (χ1) is 7.50. The lowest BCUT2D eigenvalue weighted by Gasteiger charge is -2.14. The summed E-state index contributed by atoms with van der Waals surface area (Å²) >= 11 is 0. The van der Waals surface area contributed by atoms with Crippen molar-refractivity contribution < 1.29 is 0 Å². The molecule has 0 fully saturated rings. The van der Waals surface area contributed by atoms with Crippen LogP contribution in [0.1, 0.15) is 19.8 Å². The zero-order valence-corrected chi connectivity index (χ0v) is 10.5. The molecular weight excluding hydrogens is 202 g/mol. The Balaban J connectivity index is 2.34. The normalized spacial score (nSPS) is 13.2. The minimum absolute atomic E-state index is 0.570. The van der Waals surface area contributed by atoms with E-state index in [1.165, 1.54) is 12.8 Å². The number of hydrogen-bond acceptors (Lipinski definition) is 4. The average molecular weight is 225 g/mol. The van der Waals surface area contributed by atoms with Crippen LogP contribution >= 0.6 is 0 Å². The Kier molecular flexibility index (Phi) is 4.61. The number of aromatic nitrogens is 2. The van der Waals surface area contributed by atoms with Crippen LogP contribution in [-0.2, 0) is 6.54 Å². The minimum atomic E-state index is 0.570. The summed E-state index contributed by atoms with van der Waals surface area (Å²) in [5.74, 6) is 1.15. The number of nitrogens with two attached hydrogens (primary N) is 2. The van der Waals surface area contributed by atoms with Crippen LogP contribution in [0.15, 0.2) is 6.20 Å². The summed E-state index contributed by atoms with van der Waals surface area (Å²) in [5, 5.41) is 4.15. The summed E-state index contributed by atoms with van der Waals surface area (Å²) in [7, 11) is 4.19. The van der Waals surface area contributed by atoms with Gasteiger partial charge in [-0.05, 0) is 39.4 Å². The van der Waals surface area contributed by atoms with E-state index >= 15 is 0 Å². The topological polar surface area (TPSA) is 73.1 Å². The molecule has 0 aromatic carbocycles. The summed E-state index contributed by atoms with van der Waals surface area (Å²) < 4.78 is 1.79. The summed E-state index contributed by atoms with van der Waals surface area (Å²) in [6.45, 7) is 4.19. The maximum Gasteiger partial charge on any atom is 0.145 e. The number of nitrogen functional groups attached to an aromatic ring is 2. The fraction of sp³-hybridized carbons (Fsp3) is 0.727. The molecule has 1 heterocycles. The molecule has 5 heteroatoms. The maximum absolute atomic E-state index is 5.80. The van der Waals surface area contributed by atoms with E-state index in [9.17, 15) is 0 Å². The Morgan fingerprint density at radius 1 is 1.44 bits per heavy atom. The number of hydrogen-bond donors (Lipinski definition) is 2. The summed E-state index contributed by atoms with van der Waals surface area (Å²) in [4.78, 5) is 2.20. The van der Waals surface area contributed by atoms with Crippen molar-refractivity contribution in [2.24, 2.45) is 5.92 Å². The van der Waals surface area contributed by atoms with Gasteiger partial charge in [0.25, 0.3) is 0 Å². The first-order valence-corrected chi connectivity index (χ1v) is 5.72. The van der Waals surface area contributed by atoms with Gasteiger partial charge in [-0.3, -0.25) is 0 Å². The van der Waals surface area contributed by atoms with Crippen molar-refractivity contribution >= 4 is 11.5 Å². The third-order valence-electron chi connectivity index (χ3n) is 2.70. The van der Waals surface area contributed by atoms with Crippen LogP contribution in [0.3, 0.4) is 0 Å². The zero-order valence-electron chi connectivity index (χ0n) is 10.5. The minimum Gasteiger partial charge on any atom is -0.394 e. The molecule has 0 bridgehead atoms. The highest BCUT2D eigenvalue weighted by atomic mass is 15.3. The highest BCUT2D eigenvalue weighted by Crippen LogP contribution is 2.16. The molecule has 0 radical (unpaired) electrons. The van der Waals surface area contributed by atoms with Crippen LogP contribution in [0.25, 0.3) is 0 Å². The van der Waals surface area contributed by atoms with E-state index in [-0.39, 0.29) is 0 Å². The van der Waals surface area contributed by atoms with E-state index in [0.29, 0.717) is 17.4 Å². The molecule has 16 heavy (non-hydrogen) atoms. The molecule has 1 rings (SSSR count). The van der Waals surface area contributed by atoms with Crippen molar-refractivity contribution in [1.29, 1.82) is 0 Å². The lowest BCUT2D eigenvalue weighted by molar-refractivity contribution is 0.353. The standard InChI is InChI=1S/C11H23N5/c1-9(5-4-6-15(2)3)8-16-11(13)10(12)7-14-16/h7,9H,4-6,8,12-13H2,1-3H3.